The molecule has 1 unspecified atom stereocenters. The molecule has 0 aliphatic carbocycles. The van der Waals surface area contributed by atoms with E-state index in [-0.39, 0.29) is 11.0 Å². The summed E-state index contributed by atoms with van der Waals surface area (Å²) < 4.78 is 0. The summed E-state index contributed by atoms with van der Waals surface area (Å²) in [7, 11) is 0. The van der Waals surface area contributed by atoms with Crippen LogP contribution in [0.4, 0.5) is 0 Å². The van der Waals surface area contributed by atoms with Crippen LogP contribution >= 0.6 is 12.6 Å². The van der Waals surface area contributed by atoms with Gasteiger partial charge in [-0.15, -0.1) is 12.6 Å². The van der Waals surface area contributed by atoms with E-state index in [9.17, 15) is 9.59 Å². The average molecular weight is 259 g/mol. The minimum absolute atomic E-state index is 0.0170. The van der Waals surface area contributed by atoms with Gasteiger partial charge in [0.15, 0.2) is 5.12 Å². The van der Waals surface area contributed by atoms with E-state index in [0.29, 0.717) is 31.8 Å². The lowest BCUT2D eigenvalue weighted by atomic mass is 10.1. The van der Waals surface area contributed by atoms with Crippen molar-refractivity contribution in [3.05, 3.63) is 0 Å². The third-order valence-electron chi connectivity index (χ3n) is 2.73. The monoisotopic (exact) mass is 259 g/mol. The van der Waals surface area contributed by atoms with Gasteiger partial charge in [0.25, 0.3) is 0 Å². The topological polar surface area (TPSA) is 70.2 Å². The normalized spacial score (nSPS) is 19.9. The predicted octanol–water partition coefficient (Wildman–Crippen LogP) is -0.319. The van der Waals surface area contributed by atoms with Crippen LogP contribution in [-0.4, -0.2) is 43.2 Å². The van der Waals surface area contributed by atoms with Crippen molar-refractivity contribution in [3.63, 3.8) is 0 Å². The zero-order chi connectivity index (χ0) is 12.5. The molecule has 17 heavy (non-hydrogen) atoms. The summed E-state index contributed by atoms with van der Waals surface area (Å²) in [4.78, 5) is 21.9. The van der Waals surface area contributed by atoms with E-state index in [1.165, 1.54) is 0 Å². The van der Waals surface area contributed by atoms with Crippen LogP contribution < -0.4 is 16.0 Å². The van der Waals surface area contributed by atoms with Gasteiger partial charge in [0.2, 0.25) is 5.91 Å². The molecule has 6 heteroatoms. The highest BCUT2D eigenvalue weighted by Crippen LogP contribution is 1.99. The Balaban J connectivity index is 1.97. The molecule has 0 aromatic carbocycles. The largest absolute Gasteiger partial charge is 0.356 e. The van der Waals surface area contributed by atoms with E-state index in [1.807, 2.05) is 0 Å². The van der Waals surface area contributed by atoms with Gasteiger partial charge in [0.05, 0.1) is 0 Å². The highest BCUT2D eigenvalue weighted by atomic mass is 32.1. The summed E-state index contributed by atoms with van der Waals surface area (Å²) in [5.41, 5.74) is 0. The quantitative estimate of drug-likeness (QED) is 0.473. The fourth-order valence-electron chi connectivity index (χ4n) is 1.79. The Kier molecular flexibility index (Phi) is 7.23. The second-order valence-electron chi connectivity index (χ2n) is 4.24. The SMILES string of the molecule is O=C(S)CCCC(=O)NCCC1CNCCN1. The Bertz CT molecular complexity index is 255. The number of thiol groups is 1. The standard InChI is InChI=1S/C11H21N3O2S/c15-10(2-1-3-11(16)17)14-5-4-9-8-12-6-7-13-9/h9,12-13H,1-8H2,(H,14,15)(H,16,17). The Morgan fingerprint density at radius 1 is 1.29 bits per heavy atom. The summed E-state index contributed by atoms with van der Waals surface area (Å²) >= 11 is 3.65. The van der Waals surface area contributed by atoms with Crippen LogP contribution in [0.5, 0.6) is 0 Å². The number of hydrogen-bond donors (Lipinski definition) is 4. The Morgan fingerprint density at radius 3 is 2.76 bits per heavy atom. The maximum atomic E-state index is 11.4. The molecule has 0 radical (unpaired) electrons. The summed E-state index contributed by atoms with van der Waals surface area (Å²) in [6.45, 7) is 3.65. The average Bonchev–Trinajstić information content (AvgIpc) is 2.30. The number of rotatable bonds is 7. The van der Waals surface area contributed by atoms with Gasteiger partial charge in [0.1, 0.15) is 0 Å². The van der Waals surface area contributed by atoms with E-state index in [1.54, 1.807) is 0 Å². The molecule has 5 nitrogen and oxygen atoms in total. The van der Waals surface area contributed by atoms with Crippen molar-refractivity contribution in [2.45, 2.75) is 31.7 Å². The molecular formula is C11H21N3O2S. The fourth-order valence-corrected chi connectivity index (χ4v) is 1.95. The second kappa shape index (κ2) is 8.49. The Labute approximate surface area is 108 Å². The van der Waals surface area contributed by atoms with Crippen LogP contribution in [0.2, 0.25) is 0 Å². The fraction of sp³-hybridized carbons (Fsp3) is 0.818. The van der Waals surface area contributed by atoms with Gasteiger partial charge in [-0.05, 0) is 12.8 Å². The smallest absolute Gasteiger partial charge is 0.220 e. The summed E-state index contributed by atoms with van der Waals surface area (Å²) in [6.07, 6.45) is 2.29. The van der Waals surface area contributed by atoms with Crippen LogP contribution in [0.3, 0.4) is 0 Å². The highest BCUT2D eigenvalue weighted by Gasteiger charge is 2.11. The third kappa shape index (κ3) is 7.36. The zero-order valence-electron chi connectivity index (χ0n) is 10.00. The maximum absolute atomic E-state index is 11.4. The van der Waals surface area contributed by atoms with Crippen LogP contribution in [-0.2, 0) is 9.59 Å². The number of carbonyl (C=O) groups excluding carboxylic acids is 2. The minimum Gasteiger partial charge on any atom is -0.356 e. The van der Waals surface area contributed by atoms with Gasteiger partial charge in [-0.3, -0.25) is 9.59 Å². The van der Waals surface area contributed by atoms with Gasteiger partial charge in [-0.2, -0.15) is 0 Å². The van der Waals surface area contributed by atoms with Crippen LogP contribution in [0, 0.1) is 0 Å². The van der Waals surface area contributed by atoms with Crippen molar-refractivity contribution in [1.29, 1.82) is 0 Å². The van der Waals surface area contributed by atoms with E-state index in [4.69, 9.17) is 0 Å². The zero-order valence-corrected chi connectivity index (χ0v) is 10.9. The molecule has 0 saturated carbocycles. The van der Waals surface area contributed by atoms with Gasteiger partial charge >= 0.3 is 0 Å². The molecule has 1 atom stereocenters. The van der Waals surface area contributed by atoms with Crippen molar-refractivity contribution >= 4 is 23.7 Å². The third-order valence-corrected chi connectivity index (χ3v) is 2.96. The highest BCUT2D eigenvalue weighted by molar-refractivity contribution is 7.96. The summed E-state index contributed by atoms with van der Waals surface area (Å²) in [5, 5.41) is 9.38. The lowest BCUT2D eigenvalue weighted by Crippen LogP contribution is -2.49. The van der Waals surface area contributed by atoms with Gasteiger partial charge in [-0.25, -0.2) is 0 Å². The van der Waals surface area contributed by atoms with E-state index >= 15 is 0 Å². The maximum Gasteiger partial charge on any atom is 0.220 e. The van der Waals surface area contributed by atoms with Gasteiger partial charge < -0.3 is 16.0 Å². The van der Waals surface area contributed by atoms with Crippen molar-refractivity contribution in [3.8, 4) is 0 Å². The molecule has 0 aromatic heterocycles. The first-order valence-corrected chi connectivity index (χ1v) is 6.56. The van der Waals surface area contributed by atoms with Crippen LogP contribution in [0.1, 0.15) is 25.7 Å². The molecule has 1 amide bonds. The van der Waals surface area contributed by atoms with E-state index in [0.717, 1.165) is 26.1 Å². The van der Waals surface area contributed by atoms with Crippen molar-refractivity contribution in [2.24, 2.45) is 0 Å². The van der Waals surface area contributed by atoms with Crippen LogP contribution in [0.25, 0.3) is 0 Å². The van der Waals surface area contributed by atoms with Gasteiger partial charge in [-0.1, -0.05) is 0 Å². The number of hydrogen-bond acceptors (Lipinski definition) is 4. The molecule has 1 saturated heterocycles. The number of piperazine rings is 1. The molecule has 0 bridgehead atoms. The van der Waals surface area contributed by atoms with Crippen molar-refractivity contribution in [2.75, 3.05) is 26.2 Å². The molecule has 3 N–H and O–H groups in total. The Hall–Kier alpha value is -0.590. The number of carbonyl (C=O) groups is 2. The van der Waals surface area contributed by atoms with E-state index < -0.39 is 0 Å². The molecule has 1 rings (SSSR count). The molecule has 1 heterocycles. The van der Waals surface area contributed by atoms with Crippen molar-refractivity contribution in [1.82, 2.24) is 16.0 Å². The lowest BCUT2D eigenvalue weighted by Gasteiger charge is -2.24. The molecule has 1 fully saturated rings. The Morgan fingerprint density at radius 2 is 2.12 bits per heavy atom. The number of amides is 1. The summed E-state index contributed by atoms with van der Waals surface area (Å²) in [6, 6.07) is 0.447. The molecular weight excluding hydrogens is 238 g/mol. The summed E-state index contributed by atoms with van der Waals surface area (Å²) in [5.74, 6) is 0.0170. The predicted molar refractivity (Wildman–Crippen MR) is 70.1 cm³/mol. The van der Waals surface area contributed by atoms with Crippen molar-refractivity contribution < 1.29 is 9.59 Å². The van der Waals surface area contributed by atoms with Gasteiger partial charge in [0, 0.05) is 45.1 Å². The second-order valence-corrected chi connectivity index (χ2v) is 4.74. The molecule has 0 spiro atoms. The lowest BCUT2D eigenvalue weighted by molar-refractivity contribution is -0.121. The minimum atomic E-state index is -0.157. The van der Waals surface area contributed by atoms with Crippen LogP contribution in [0.15, 0.2) is 0 Å². The van der Waals surface area contributed by atoms with E-state index in [2.05, 4.69) is 28.6 Å². The molecule has 1 aliphatic rings. The number of nitrogens with one attached hydrogen (secondary N) is 3. The first-order valence-electron chi connectivity index (χ1n) is 6.11. The molecule has 98 valence electrons. The molecule has 1 aliphatic heterocycles. The first-order chi connectivity index (χ1) is 8.18. The first kappa shape index (κ1) is 14.5. The molecule has 0 aromatic rings.